The molecule has 0 spiro atoms. The predicted molar refractivity (Wildman–Crippen MR) is 112 cm³/mol. The lowest BCUT2D eigenvalue weighted by Crippen LogP contribution is -2.22. The lowest BCUT2D eigenvalue weighted by Gasteiger charge is -2.12. The number of hydrogen-bond donors (Lipinski definition) is 1. The number of ether oxygens (including phenoxy) is 2. The number of carbonyl (C=O) groups excluding carboxylic acids is 3. The zero-order valence-corrected chi connectivity index (χ0v) is 17.6. The molecule has 3 rings (SSSR count). The molecule has 0 saturated carbocycles. The van der Waals surface area contributed by atoms with Gasteiger partial charge in [-0.15, -0.1) is 11.3 Å². The molecule has 7 nitrogen and oxygen atoms in total. The molecular formula is C21H24N2O5S. The molecule has 8 heteroatoms. The van der Waals surface area contributed by atoms with Gasteiger partial charge < -0.3 is 19.7 Å². The summed E-state index contributed by atoms with van der Waals surface area (Å²) in [4.78, 5) is 39.7. The van der Waals surface area contributed by atoms with E-state index < -0.39 is 24.5 Å². The van der Waals surface area contributed by atoms with Crippen molar-refractivity contribution in [2.24, 2.45) is 0 Å². The molecule has 0 aliphatic heterocycles. The van der Waals surface area contributed by atoms with Crippen LogP contribution in [0, 0.1) is 0 Å². The Balaban J connectivity index is 1.64. The molecule has 1 N–H and O–H groups in total. The van der Waals surface area contributed by atoms with E-state index in [9.17, 15) is 14.4 Å². The van der Waals surface area contributed by atoms with Gasteiger partial charge in [0.1, 0.15) is 5.00 Å². The largest absolute Gasteiger partial charge is 0.465 e. The van der Waals surface area contributed by atoms with Gasteiger partial charge >= 0.3 is 11.9 Å². The van der Waals surface area contributed by atoms with Crippen LogP contribution in [0.1, 0.15) is 44.0 Å². The van der Waals surface area contributed by atoms with Crippen molar-refractivity contribution >= 4 is 39.9 Å². The van der Waals surface area contributed by atoms with Crippen molar-refractivity contribution in [1.82, 2.24) is 0 Å². The highest BCUT2D eigenvalue weighted by Gasteiger charge is 2.27. The Bertz CT molecular complexity index is 918. The molecule has 0 bridgehead atoms. The average Bonchev–Trinajstić information content (AvgIpc) is 3.09. The first-order chi connectivity index (χ1) is 13.9. The van der Waals surface area contributed by atoms with Crippen LogP contribution in [0.4, 0.5) is 10.7 Å². The second-order valence-electron chi connectivity index (χ2n) is 6.97. The molecule has 1 aromatic heterocycles. The lowest BCUT2D eigenvalue weighted by atomic mass is 9.95. The fourth-order valence-corrected chi connectivity index (χ4v) is 4.54. The number of rotatable bonds is 6. The van der Waals surface area contributed by atoms with Crippen LogP contribution in [0.15, 0.2) is 24.3 Å². The van der Waals surface area contributed by atoms with Gasteiger partial charge in [-0.05, 0) is 55.5 Å². The van der Waals surface area contributed by atoms with Gasteiger partial charge in [0.2, 0.25) is 0 Å². The second kappa shape index (κ2) is 9.09. The van der Waals surface area contributed by atoms with E-state index in [0.29, 0.717) is 16.1 Å². The molecular weight excluding hydrogens is 392 g/mol. The third-order valence-corrected chi connectivity index (χ3v) is 5.97. The molecule has 1 aliphatic carbocycles. The molecule has 154 valence electrons. The number of nitrogens with zero attached hydrogens (tertiary/aromatic N) is 1. The van der Waals surface area contributed by atoms with Crippen molar-refractivity contribution in [2.45, 2.75) is 25.7 Å². The summed E-state index contributed by atoms with van der Waals surface area (Å²) >= 11 is 1.39. The van der Waals surface area contributed by atoms with Crippen molar-refractivity contribution in [2.75, 3.05) is 38.0 Å². The minimum atomic E-state index is -0.580. The summed E-state index contributed by atoms with van der Waals surface area (Å²) in [7, 11) is 5.13. The highest BCUT2D eigenvalue weighted by molar-refractivity contribution is 7.17. The van der Waals surface area contributed by atoms with Crippen molar-refractivity contribution in [3.8, 4) is 0 Å². The molecule has 0 saturated heterocycles. The van der Waals surface area contributed by atoms with Crippen LogP contribution in [-0.4, -0.2) is 45.7 Å². The molecule has 0 fully saturated rings. The first-order valence-electron chi connectivity index (χ1n) is 9.38. The van der Waals surface area contributed by atoms with Crippen LogP contribution in [0.3, 0.4) is 0 Å². The van der Waals surface area contributed by atoms with Crippen LogP contribution in [-0.2, 0) is 27.1 Å². The average molecular weight is 416 g/mol. The van der Waals surface area contributed by atoms with Crippen molar-refractivity contribution in [3.05, 3.63) is 45.8 Å². The highest BCUT2D eigenvalue weighted by Crippen LogP contribution is 2.38. The van der Waals surface area contributed by atoms with E-state index in [4.69, 9.17) is 9.47 Å². The van der Waals surface area contributed by atoms with E-state index in [-0.39, 0.29) is 0 Å². The van der Waals surface area contributed by atoms with Crippen LogP contribution in [0.25, 0.3) is 0 Å². The predicted octanol–water partition coefficient (Wildman–Crippen LogP) is 3.28. The molecule has 1 heterocycles. The third-order valence-electron chi connectivity index (χ3n) is 4.77. The second-order valence-corrected chi connectivity index (χ2v) is 8.08. The summed E-state index contributed by atoms with van der Waals surface area (Å²) < 4.78 is 10.0. The van der Waals surface area contributed by atoms with Gasteiger partial charge in [0.05, 0.1) is 18.2 Å². The Morgan fingerprint density at radius 3 is 2.41 bits per heavy atom. The van der Waals surface area contributed by atoms with E-state index in [0.717, 1.165) is 41.8 Å². The molecule has 0 unspecified atom stereocenters. The zero-order valence-electron chi connectivity index (χ0n) is 16.7. The van der Waals surface area contributed by atoms with E-state index in [1.165, 1.54) is 18.4 Å². The minimum absolute atomic E-state index is 0.366. The fourth-order valence-electron chi connectivity index (χ4n) is 3.24. The number of nitrogens with one attached hydrogen (secondary N) is 1. The first kappa shape index (κ1) is 20.9. The van der Waals surface area contributed by atoms with Crippen LogP contribution < -0.4 is 10.2 Å². The van der Waals surface area contributed by atoms with Crippen LogP contribution in [0.2, 0.25) is 0 Å². The van der Waals surface area contributed by atoms with Crippen LogP contribution in [0.5, 0.6) is 0 Å². The lowest BCUT2D eigenvalue weighted by molar-refractivity contribution is -0.119. The Hall–Kier alpha value is -2.87. The first-order valence-corrected chi connectivity index (χ1v) is 10.2. The monoisotopic (exact) mass is 416 g/mol. The van der Waals surface area contributed by atoms with Gasteiger partial charge in [-0.3, -0.25) is 4.79 Å². The number of methoxy groups -OCH3 is 1. The maximum Gasteiger partial charge on any atom is 0.341 e. The molecule has 1 amide bonds. The normalized spacial score (nSPS) is 12.7. The Morgan fingerprint density at radius 2 is 1.76 bits per heavy atom. The van der Waals surface area contributed by atoms with Gasteiger partial charge in [-0.2, -0.15) is 0 Å². The topological polar surface area (TPSA) is 84.9 Å². The number of carbonyl (C=O) groups is 3. The van der Waals surface area contributed by atoms with Gasteiger partial charge in [0.15, 0.2) is 6.61 Å². The van der Waals surface area contributed by atoms with E-state index in [2.05, 4.69) is 5.32 Å². The Morgan fingerprint density at radius 1 is 1.07 bits per heavy atom. The molecule has 29 heavy (non-hydrogen) atoms. The standard InChI is InChI=1S/C21H24N2O5S/c1-23(2)14-10-8-13(9-11-14)20(25)28-12-17(24)22-19-18(21(26)27-3)15-6-4-5-7-16(15)29-19/h8-11H,4-7,12H2,1-3H3,(H,22,24). The number of fused-ring (bicyclic) bond motifs is 1. The van der Waals surface area contributed by atoms with Gasteiger partial charge in [0, 0.05) is 24.7 Å². The number of esters is 2. The summed E-state index contributed by atoms with van der Waals surface area (Å²) in [5, 5.41) is 3.17. The van der Waals surface area contributed by atoms with E-state index in [1.54, 1.807) is 24.3 Å². The number of hydrogen-bond acceptors (Lipinski definition) is 7. The summed E-state index contributed by atoms with van der Waals surface area (Å²) in [6, 6.07) is 6.90. The van der Waals surface area contributed by atoms with Crippen molar-refractivity contribution in [1.29, 1.82) is 0 Å². The van der Waals surface area contributed by atoms with Crippen molar-refractivity contribution < 1.29 is 23.9 Å². The summed E-state index contributed by atoms with van der Waals surface area (Å²) in [5.41, 5.74) is 2.70. The molecule has 0 atom stereocenters. The fraction of sp³-hybridized carbons (Fsp3) is 0.381. The van der Waals surface area contributed by atoms with Crippen LogP contribution >= 0.6 is 11.3 Å². The van der Waals surface area contributed by atoms with E-state index >= 15 is 0 Å². The summed E-state index contributed by atoms with van der Waals surface area (Å²) in [6.07, 6.45) is 3.75. The third kappa shape index (κ3) is 4.76. The maximum atomic E-state index is 12.3. The number of anilines is 2. The molecule has 1 aromatic carbocycles. The van der Waals surface area contributed by atoms with Gasteiger partial charge in [-0.25, -0.2) is 9.59 Å². The van der Waals surface area contributed by atoms with E-state index in [1.807, 2.05) is 19.0 Å². The molecule has 0 radical (unpaired) electrons. The highest BCUT2D eigenvalue weighted by atomic mass is 32.1. The smallest absolute Gasteiger partial charge is 0.341 e. The summed E-state index contributed by atoms with van der Waals surface area (Å²) in [6.45, 7) is -0.433. The Labute approximate surface area is 173 Å². The Kier molecular flexibility index (Phi) is 6.53. The SMILES string of the molecule is COC(=O)c1c(NC(=O)COC(=O)c2ccc(N(C)C)cc2)sc2c1CCCC2. The number of amides is 1. The van der Waals surface area contributed by atoms with Crippen molar-refractivity contribution in [3.63, 3.8) is 0 Å². The maximum absolute atomic E-state index is 12.3. The molecule has 2 aromatic rings. The number of thiophene rings is 1. The van der Waals surface area contributed by atoms with Gasteiger partial charge in [-0.1, -0.05) is 0 Å². The zero-order chi connectivity index (χ0) is 21.0. The number of benzene rings is 1. The minimum Gasteiger partial charge on any atom is -0.465 e. The number of aryl methyl sites for hydroxylation is 1. The molecule has 1 aliphatic rings. The quantitative estimate of drug-likeness (QED) is 0.728. The summed E-state index contributed by atoms with van der Waals surface area (Å²) in [5.74, 6) is -1.53. The van der Waals surface area contributed by atoms with Gasteiger partial charge in [0.25, 0.3) is 5.91 Å².